The molecule has 1 aromatic carbocycles. The van der Waals surface area contributed by atoms with Crippen LogP contribution in [0, 0.1) is 3.57 Å². The molecule has 1 N–H and O–H groups in total. The van der Waals surface area contributed by atoms with Gasteiger partial charge in [0.25, 0.3) is 0 Å². The molecule has 0 saturated carbocycles. The Hall–Kier alpha value is -0.0700. The Morgan fingerprint density at radius 2 is 2.13 bits per heavy atom. The highest BCUT2D eigenvalue weighted by molar-refractivity contribution is 14.1. The zero-order valence-corrected chi connectivity index (χ0v) is 12.4. The van der Waals surface area contributed by atoms with E-state index in [1.165, 1.54) is 17.9 Å². The first-order valence-corrected chi connectivity index (χ1v) is 7.16. The van der Waals surface area contributed by atoms with Crippen LogP contribution in [0.15, 0.2) is 40.2 Å². The Bertz CT molecular complexity index is 455. The van der Waals surface area contributed by atoms with Gasteiger partial charge in [-0.25, -0.2) is 0 Å². The van der Waals surface area contributed by atoms with Gasteiger partial charge in [0.1, 0.15) is 0 Å². The summed E-state index contributed by atoms with van der Waals surface area (Å²) < 4.78 is 2.44. The van der Waals surface area contributed by atoms with E-state index in [-0.39, 0.29) is 0 Å². The van der Waals surface area contributed by atoms with Gasteiger partial charge in [-0.05, 0) is 68.9 Å². The van der Waals surface area contributed by atoms with Gasteiger partial charge in [-0.1, -0.05) is 6.07 Å². The van der Waals surface area contributed by atoms with Crippen molar-refractivity contribution in [1.29, 1.82) is 0 Å². The number of halogens is 2. The molecule has 0 aliphatic carbocycles. The van der Waals surface area contributed by atoms with Crippen LogP contribution in [0.3, 0.4) is 0 Å². The molecule has 0 spiro atoms. The lowest BCUT2D eigenvalue weighted by molar-refractivity contribution is 1.19. The van der Waals surface area contributed by atoms with Gasteiger partial charge in [0.2, 0.25) is 0 Å². The maximum Gasteiger partial charge on any atom is 0.0702 e. The van der Waals surface area contributed by atoms with Crippen LogP contribution in [0.2, 0.25) is 0 Å². The third-order valence-corrected chi connectivity index (χ3v) is 4.21. The average Bonchev–Trinajstić information content (AvgIpc) is 2.62. The van der Waals surface area contributed by atoms with Crippen molar-refractivity contribution in [2.75, 3.05) is 5.32 Å². The normalized spacial score (nSPS) is 10.3. The average molecular weight is 394 g/mol. The molecule has 78 valence electrons. The van der Waals surface area contributed by atoms with Crippen LogP contribution in [0.25, 0.3) is 0 Å². The second-order valence-corrected chi connectivity index (χ2v) is 6.86. The Balaban J connectivity index is 1.99. The summed E-state index contributed by atoms with van der Waals surface area (Å²) in [6.07, 6.45) is 0. The molecule has 0 aliphatic rings. The minimum Gasteiger partial charge on any atom is -0.380 e. The smallest absolute Gasteiger partial charge is 0.0702 e. The van der Waals surface area contributed by atoms with E-state index in [9.17, 15) is 0 Å². The molecule has 0 amide bonds. The van der Waals surface area contributed by atoms with Gasteiger partial charge in [-0.15, -0.1) is 11.3 Å². The summed E-state index contributed by atoms with van der Waals surface area (Å²) in [6.45, 7) is 0.885. The quantitative estimate of drug-likeness (QED) is 0.743. The van der Waals surface area contributed by atoms with Gasteiger partial charge >= 0.3 is 0 Å². The van der Waals surface area contributed by atoms with Crippen LogP contribution in [0.4, 0.5) is 5.69 Å². The third-order valence-electron chi connectivity index (χ3n) is 1.92. The number of nitrogens with one attached hydrogen (secondary N) is 1. The van der Waals surface area contributed by atoms with Gasteiger partial charge in [-0.3, -0.25) is 0 Å². The van der Waals surface area contributed by atoms with Crippen molar-refractivity contribution in [2.45, 2.75) is 6.54 Å². The van der Waals surface area contributed by atoms with Crippen molar-refractivity contribution in [3.63, 3.8) is 0 Å². The lowest BCUT2D eigenvalue weighted by Crippen LogP contribution is -1.96. The lowest BCUT2D eigenvalue weighted by Gasteiger charge is -2.04. The Kier molecular flexibility index (Phi) is 4.05. The summed E-state index contributed by atoms with van der Waals surface area (Å²) in [6, 6.07) is 12.6. The van der Waals surface area contributed by atoms with E-state index in [0.717, 1.165) is 6.54 Å². The number of anilines is 1. The van der Waals surface area contributed by atoms with E-state index in [4.69, 9.17) is 0 Å². The summed E-state index contributed by atoms with van der Waals surface area (Å²) in [5, 5.41) is 3.40. The highest BCUT2D eigenvalue weighted by atomic mass is 127. The first-order chi connectivity index (χ1) is 7.24. The Morgan fingerprint density at radius 1 is 1.27 bits per heavy atom. The molecule has 0 aliphatic heterocycles. The maximum atomic E-state index is 3.46. The number of rotatable bonds is 3. The van der Waals surface area contributed by atoms with Gasteiger partial charge in [0.05, 0.1) is 3.79 Å². The predicted molar refractivity (Wildman–Crippen MR) is 78.5 cm³/mol. The predicted octanol–water partition coefficient (Wildman–Crippen LogP) is 4.73. The zero-order chi connectivity index (χ0) is 10.7. The lowest BCUT2D eigenvalue weighted by atomic mass is 10.3. The molecule has 0 saturated heterocycles. The fourth-order valence-electron chi connectivity index (χ4n) is 1.23. The number of thiophene rings is 1. The van der Waals surface area contributed by atoms with Crippen molar-refractivity contribution >= 4 is 55.5 Å². The Morgan fingerprint density at radius 3 is 2.80 bits per heavy atom. The molecule has 0 bridgehead atoms. The molecule has 0 fully saturated rings. The molecule has 2 aromatic rings. The van der Waals surface area contributed by atoms with E-state index >= 15 is 0 Å². The number of hydrogen-bond acceptors (Lipinski definition) is 2. The van der Waals surface area contributed by atoms with Gasteiger partial charge in [0.15, 0.2) is 0 Å². The van der Waals surface area contributed by atoms with Crippen molar-refractivity contribution in [3.8, 4) is 0 Å². The summed E-state index contributed by atoms with van der Waals surface area (Å²) >= 11 is 7.54. The van der Waals surface area contributed by atoms with Gasteiger partial charge in [0, 0.05) is 20.7 Å². The van der Waals surface area contributed by atoms with E-state index in [0.29, 0.717) is 0 Å². The third kappa shape index (κ3) is 3.46. The zero-order valence-electron chi connectivity index (χ0n) is 7.84. The minimum absolute atomic E-state index is 0.885. The largest absolute Gasteiger partial charge is 0.380 e. The standard InChI is InChI=1S/C11H9BrINS/c12-11-5-4-10(15-11)7-14-9-3-1-2-8(13)6-9/h1-6,14H,7H2. The fourth-order valence-corrected chi connectivity index (χ4v) is 3.20. The first-order valence-electron chi connectivity index (χ1n) is 4.48. The highest BCUT2D eigenvalue weighted by Gasteiger charge is 1.97. The fraction of sp³-hybridized carbons (Fsp3) is 0.0909. The maximum absolute atomic E-state index is 3.46. The highest BCUT2D eigenvalue weighted by Crippen LogP contribution is 2.23. The van der Waals surface area contributed by atoms with Crippen LogP contribution in [-0.4, -0.2) is 0 Å². The summed E-state index contributed by atoms with van der Waals surface area (Å²) in [5.74, 6) is 0. The summed E-state index contributed by atoms with van der Waals surface area (Å²) in [7, 11) is 0. The van der Waals surface area contributed by atoms with Gasteiger partial charge in [-0.2, -0.15) is 0 Å². The Labute approximate surface area is 115 Å². The van der Waals surface area contributed by atoms with E-state index in [1.807, 2.05) is 0 Å². The molecule has 0 radical (unpaired) electrons. The van der Waals surface area contributed by atoms with E-state index in [2.05, 4.69) is 80.2 Å². The molecule has 1 nitrogen and oxygen atoms in total. The van der Waals surface area contributed by atoms with Crippen molar-refractivity contribution in [3.05, 3.63) is 48.6 Å². The van der Waals surface area contributed by atoms with Crippen LogP contribution in [0.5, 0.6) is 0 Å². The van der Waals surface area contributed by atoms with Crippen molar-refractivity contribution in [1.82, 2.24) is 0 Å². The monoisotopic (exact) mass is 393 g/mol. The van der Waals surface area contributed by atoms with Gasteiger partial charge < -0.3 is 5.32 Å². The second-order valence-electron chi connectivity index (χ2n) is 3.07. The van der Waals surface area contributed by atoms with Crippen LogP contribution >= 0.6 is 49.9 Å². The second kappa shape index (κ2) is 5.32. The summed E-state index contributed by atoms with van der Waals surface area (Å²) in [5.41, 5.74) is 1.17. The minimum atomic E-state index is 0.885. The molecule has 4 heteroatoms. The molecular formula is C11H9BrINS. The molecule has 0 atom stereocenters. The molecule has 0 unspecified atom stereocenters. The number of hydrogen-bond donors (Lipinski definition) is 1. The molecule has 1 heterocycles. The first kappa shape index (κ1) is 11.4. The SMILES string of the molecule is Brc1ccc(CNc2cccc(I)c2)s1. The van der Waals surface area contributed by atoms with Crippen molar-refractivity contribution < 1.29 is 0 Å². The molecule has 2 rings (SSSR count). The van der Waals surface area contributed by atoms with Crippen molar-refractivity contribution in [2.24, 2.45) is 0 Å². The van der Waals surface area contributed by atoms with Crippen LogP contribution < -0.4 is 5.32 Å². The molecule has 1 aromatic heterocycles. The van der Waals surface area contributed by atoms with E-state index < -0.39 is 0 Å². The molecular weight excluding hydrogens is 385 g/mol. The molecule has 15 heavy (non-hydrogen) atoms. The number of benzene rings is 1. The topological polar surface area (TPSA) is 12.0 Å². The van der Waals surface area contributed by atoms with Crippen LogP contribution in [0.1, 0.15) is 4.88 Å². The van der Waals surface area contributed by atoms with Crippen LogP contribution in [-0.2, 0) is 6.54 Å². The van der Waals surface area contributed by atoms with E-state index in [1.54, 1.807) is 11.3 Å². The summed E-state index contributed by atoms with van der Waals surface area (Å²) in [4.78, 5) is 1.33.